The Morgan fingerprint density at radius 1 is 1.52 bits per heavy atom. The van der Waals surface area contributed by atoms with Crippen LogP contribution >= 0.6 is 0 Å². The molecule has 1 atom stereocenters. The molecule has 0 saturated carbocycles. The Morgan fingerprint density at radius 2 is 2.33 bits per heavy atom. The molecular formula is C16H18N2O3. The van der Waals surface area contributed by atoms with Gasteiger partial charge < -0.3 is 15.7 Å². The van der Waals surface area contributed by atoms with E-state index in [-0.39, 0.29) is 24.5 Å². The maximum atomic E-state index is 12.3. The number of rotatable bonds is 2. The first-order chi connectivity index (χ1) is 10.1. The number of hydrogen-bond donors (Lipinski definition) is 3. The summed E-state index contributed by atoms with van der Waals surface area (Å²) in [7, 11) is 0. The van der Waals surface area contributed by atoms with Crippen LogP contribution in [0.5, 0.6) is 0 Å². The van der Waals surface area contributed by atoms with Gasteiger partial charge >= 0.3 is 0 Å². The van der Waals surface area contributed by atoms with Crippen LogP contribution in [0.1, 0.15) is 34.3 Å². The summed E-state index contributed by atoms with van der Waals surface area (Å²) in [5.74, 6) is 5.21. The molecule has 1 unspecified atom stereocenters. The van der Waals surface area contributed by atoms with Gasteiger partial charge in [-0.2, -0.15) is 0 Å². The third kappa shape index (κ3) is 4.07. The fourth-order valence-electron chi connectivity index (χ4n) is 2.21. The molecule has 2 rings (SSSR count). The first kappa shape index (κ1) is 15.1. The van der Waals surface area contributed by atoms with Crippen LogP contribution in [0.4, 0.5) is 0 Å². The SMILES string of the molecule is Cc1ccc(C#CCO)cc1C(=O)NC1CCC(=O)NC1. The summed E-state index contributed by atoms with van der Waals surface area (Å²) in [6.07, 6.45) is 1.09. The summed E-state index contributed by atoms with van der Waals surface area (Å²) in [4.78, 5) is 23.4. The second-order valence-corrected chi connectivity index (χ2v) is 5.00. The highest BCUT2D eigenvalue weighted by molar-refractivity contribution is 5.96. The highest BCUT2D eigenvalue weighted by Crippen LogP contribution is 2.12. The van der Waals surface area contributed by atoms with Crippen molar-refractivity contribution in [1.82, 2.24) is 10.6 Å². The molecule has 5 heteroatoms. The van der Waals surface area contributed by atoms with Crippen molar-refractivity contribution in [2.45, 2.75) is 25.8 Å². The normalized spacial score (nSPS) is 17.4. The van der Waals surface area contributed by atoms with Gasteiger partial charge in [-0.3, -0.25) is 9.59 Å². The zero-order valence-corrected chi connectivity index (χ0v) is 11.9. The third-order valence-corrected chi connectivity index (χ3v) is 3.39. The highest BCUT2D eigenvalue weighted by atomic mass is 16.2. The van der Waals surface area contributed by atoms with Crippen molar-refractivity contribution in [2.24, 2.45) is 0 Å². The van der Waals surface area contributed by atoms with Crippen molar-refractivity contribution in [2.75, 3.05) is 13.2 Å². The first-order valence-electron chi connectivity index (χ1n) is 6.88. The largest absolute Gasteiger partial charge is 0.384 e. The number of aryl methyl sites for hydroxylation is 1. The second kappa shape index (κ2) is 6.91. The number of hydrogen-bond acceptors (Lipinski definition) is 3. The average molecular weight is 286 g/mol. The molecule has 0 aromatic heterocycles. The van der Waals surface area contributed by atoms with E-state index in [1.54, 1.807) is 6.07 Å². The summed E-state index contributed by atoms with van der Waals surface area (Å²) in [6, 6.07) is 5.32. The Labute approximate surface area is 123 Å². The fraction of sp³-hybridized carbons (Fsp3) is 0.375. The van der Waals surface area contributed by atoms with E-state index >= 15 is 0 Å². The van der Waals surface area contributed by atoms with E-state index in [0.29, 0.717) is 30.5 Å². The van der Waals surface area contributed by atoms with E-state index in [0.717, 1.165) is 5.56 Å². The molecular weight excluding hydrogens is 268 g/mol. The Balaban J connectivity index is 2.09. The van der Waals surface area contributed by atoms with Gasteiger partial charge in [-0.15, -0.1) is 0 Å². The number of aliphatic hydroxyl groups is 1. The van der Waals surface area contributed by atoms with Gasteiger partial charge in [0, 0.05) is 30.1 Å². The molecule has 0 spiro atoms. The van der Waals surface area contributed by atoms with Gasteiger partial charge in [-0.25, -0.2) is 0 Å². The van der Waals surface area contributed by atoms with Crippen LogP contribution in [-0.2, 0) is 4.79 Å². The molecule has 1 aliphatic rings. The molecule has 1 aromatic carbocycles. The predicted molar refractivity (Wildman–Crippen MR) is 78.6 cm³/mol. The van der Waals surface area contributed by atoms with Crippen molar-refractivity contribution in [3.63, 3.8) is 0 Å². The van der Waals surface area contributed by atoms with Gasteiger partial charge in [-0.05, 0) is 31.0 Å². The van der Waals surface area contributed by atoms with E-state index in [1.165, 1.54) is 0 Å². The number of amides is 2. The van der Waals surface area contributed by atoms with Crippen LogP contribution in [0.3, 0.4) is 0 Å². The van der Waals surface area contributed by atoms with Gasteiger partial charge in [0.05, 0.1) is 0 Å². The van der Waals surface area contributed by atoms with Gasteiger partial charge in [0.2, 0.25) is 5.91 Å². The summed E-state index contributed by atoms with van der Waals surface area (Å²) in [5.41, 5.74) is 2.12. The van der Waals surface area contributed by atoms with E-state index < -0.39 is 0 Å². The van der Waals surface area contributed by atoms with E-state index in [9.17, 15) is 9.59 Å². The van der Waals surface area contributed by atoms with Crippen molar-refractivity contribution in [3.8, 4) is 11.8 Å². The van der Waals surface area contributed by atoms with Crippen LogP contribution in [0.2, 0.25) is 0 Å². The Morgan fingerprint density at radius 3 is 3.00 bits per heavy atom. The summed E-state index contributed by atoms with van der Waals surface area (Å²) in [5, 5.41) is 14.4. The van der Waals surface area contributed by atoms with Crippen LogP contribution < -0.4 is 10.6 Å². The van der Waals surface area contributed by atoms with E-state index in [2.05, 4.69) is 22.5 Å². The minimum Gasteiger partial charge on any atom is -0.384 e. The molecule has 110 valence electrons. The molecule has 5 nitrogen and oxygen atoms in total. The monoisotopic (exact) mass is 286 g/mol. The van der Waals surface area contributed by atoms with E-state index in [4.69, 9.17) is 5.11 Å². The Hall–Kier alpha value is -2.32. The molecule has 0 radical (unpaired) electrons. The second-order valence-electron chi connectivity index (χ2n) is 5.00. The Bertz CT molecular complexity index is 604. The zero-order valence-electron chi connectivity index (χ0n) is 11.9. The van der Waals surface area contributed by atoms with Gasteiger partial charge in [0.25, 0.3) is 5.91 Å². The molecule has 2 amide bonds. The highest BCUT2D eigenvalue weighted by Gasteiger charge is 2.20. The maximum absolute atomic E-state index is 12.3. The number of carbonyl (C=O) groups excluding carboxylic acids is 2. The lowest BCUT2D eigenvalue weighted by molar-refractivity contribution is -0.122. The first-order valence-corrected chi connectivity index (χ1v) is 6.88. The minimum atomic E-state index is -0.211. The van der Waals surface area contributed by atoms with Crippen LogP contribution in [0.25, 0.3) is 0 Å². The molecule has 1 aromatic rings. The number of carbonyl (C=O) groups is 2. The molecule has 0 aliphatic carbocycles. The van der Waals surface area contributed by atoms with Gasteiger partial charge in [0.1, 0.15) is 6.61 Å². The minimum absolute atomic E-state index is 0.0259. The topological polar surface area (TPSA) is 78.4 Å². The van der Waals surface area contributed by atoms with E-state index in [1.807, 2.05) is 19.1 Å². The molecule has 21 heavy (non-hydrogen) atoms. The van der Waals surface area contributed by atoms with Crippen molar-refractivity contribution in [1.29, 1.82) is 0 Å². The van der Waals surface area contributed by atoms with Gasteiger partial charge in [-0.1, -0.05) is 17.9 Å². The molecule has 1 saturated heterocycles. The summed E-state index contributed by atoms with van der Waals surface area (Å²) < 4.78 is 0. The van der Waals surface area contributed by atoms with Crippen molar-refractivity contribution in [3.05, 3.63) is 34.9 Å². The predicted octanol–water partition coefficient (Wildman–Crippen LogP) is 0.347. The van der Waals surface area contributed by atoms with Crippen LogP contribution in [0.15, 0.2) is 18.2 Å². The van der Waals surface area contributed by atoms with Crippen LogP contribution in [-0.4, -0.2) is 36.1 Å². The fourth-order valence-corrected chi connectivity index (χ4v) is 2.21. The lowest BCUT2D eigenvalue weighted by Crippen LogP contribution is -2.47. The zero-order chi connectivity index (χ0) is 15.2. The number of nitrogens with one attached hydrogen (secondary N) is 2. The maximum Gasteiger partial charge on any atom is 0.251 e. The van der Waals surface area contributed by atoms with Crippen LogP contribution in [0, 0.1) is 18.8 Å². The lowest BCUT2D eigenvalue weighted by Gasteiger charge is -2.23. The molecule has 1 fully saturated rings. The molecule has 1 heterocycles. The molecule has 1 aliphatic heterocycles. The summed E-state index contributed by atoms with van der Waals surface area (Å²) >= 11 is 0. The smallest absolute Gasteiger partial charge is 0.251 e. The lowest BCUT2D eigenvalue weighted by atomic mass is 10.0. The van der Waals surface area contributed by atoms with Crippen molar-refractivity contribution < 1.29 is 14.7 Å². The standard InChI is InChI=1S/C16H18N2O3/c1-11-4-5-12(3-2-8-19)9-14(11)16(21)18-13-6-7-15(20)17-10-13/h4-5,9,13,19H,6-8,10H2,1H3,(H,17,20)(H,18,21). The third-order valence-electron chi connectivity index (χ3n) is 3.39. The molecule has 0 bridgehead atoms. The van der Waals surface area contributed by atoms with Crippen molar-refractivity contribution >= 4 is 11.8 Å². The quantitative estimate of drug-likeness (QED) is 0.686. The Kier molecular flexibility index (Phi) is 4.96. The summed E-state index contributed by atoms with van der Waals surface area (Å²) in [6.45, 7) is 2.12. The number of piperidine rings is 1. The molecule has 3 N–H and O–H groups in total. The van der Waals surface area contributed by atoms with Gasteiger partial charge in [0.15, 0.2) is 0 Å². The number of aliphatic hydroxyl groups excluding tert-OH is 1. The average Bonchev–Trinajstić information content (AvgIpc) is 2.48. The number of benzene rings is 1.